The van der Waals surface area contributed by atoms with E-state index in [0.29, 0.717) is 31.2 Å². The van der Waals surface area contributed by atoms with Crippen molar-refractivity contribution in [3.8, 4) is 11.5 Å². The molecule has 1 atom stereocenters. The van der Waals surface area contributed by atoms with Crippen molar-refractivity contribution in [2.45, 2.75) is 30.2 Å². The van der Waals surface area contributed by atoms with Gasteiger partial charge in [-0.2, -0.15) is 8.42 Å². The Hall–Kier alpha value is -3.07. The highest BCUT2D eigenvalue weighted by atomic mass is 32.2. The van der Waals surface area contributed by atoms with Gasteiger partial charge in [0.05, 0.1) is 25.8 Å². The van der Waals surface area contributed by atoms with Crippen molar-refractivity contribution in [3.63, 3.8) is 0 Å². The third-order valence-corrected chi connectivity index (χ3v) is 7.40. The largest absolute Gasteiger partial charge is 0.490 e. The number of sulfonamides is 1. The molecule has 0 aliphatic carbocycles. The summed E-state index contributed by atoms with van der Waals surface area (Å²) < 4.78 is 40.2. The lowest BCUT2D eigenvalue weighted by atomic mass is 10.0. The summed E-state index contributed by atoms with van der Waals surface area (Å²) in [5.41, 5.74) is 1.55. The summed E-state index contributed by atoms with van der Waals surface area (Å²) in [6.45, 7) is 1.95. The highest BCUT2D eigenvalue weighted by Crippen LogP contribution is 2.38. The molecule has 0 spiro atoms. The van der Waals surface area contributed by atoms with Gasteiger partial charge in [-0.1, -0.05) is 18.2 Å². The number of ether oxygens (including phenoxy) is 2. The molecule has 1 fully saturated rings. The SMILES string of the molecule is CN(CC(=O)N1CCCC1c1ccc2c(c1)OCCCO2)C1=NS(=O)(=O)c2ccccc21. The maximum atomic E-state index is 13.2. The standard InChI is InChI=1S/C23H25N3O5S/c1-25(23-17-6-2-3-8-21(17)32(28,29)24-23)15-22(27)26-11-4-7-18(26)16-9-10-19-20(14-16)31-13-5-12-30-19/h2-3,6,8-10,14,18H,4-5,7,11-13,15H2,1H3. The predicted molar refractivity (Wildman–Crippen MR) is 119 cm³/mol. The number of hydrogen-bond acceptors (Lipinski definition) is 6. The number of amides is 1. The predicted octanol–water partition coefficient (Wildman–Crippen LogP) is 2.59. The van der Waals surface area contributed by atoms with Crippen LogP contribution in [-0.2, 0) is 14.8 Å². The maximum absolute atomic E-state index is 13.2. The second-order valence-electron chi connectivity index (χ2n) is 8.24. The number of nitrogens with zero attached hydrogens (tertiary/aromatic N) is 3. The van der Waals surface area contributed by atoms with Crippen molar-refractivity contribution in [2.75, 3.05) is 33.4 Å². The third-order valence-electron chi connectivity index (χ3n) is 6.08. The molecule has 2 aromatic carbocycles. The number of carbonyl (C=O) groups is 1. The Labute approximate surface area is 187 Å². The van der Waals surface area contributed by atoms with Crippen LogP contribution in [-0.4, -0.2) is 63.3 Å². The van der Waals surface area contributed by atoms with Gasteiger partial charge in [-0.05, 0) is 42.7 Å². The van der Waals surface area contributed by atoms with E-state index in [1.165, 1.54) is 6.07 Å². The van der Waals surface area contributed by atoms with Crippen LogP contribution in [0.3, 0.4) is 0 Å². The molecule has 0 N–H and O–H groups in total. The van der Waals surface area contributed by atoms with Gasteiger partial charge in [0.15, 0.2) is 17.3 Å². The van der Waals surface area contributed by atoms with Crippen LogP contribution in [0.1, 0.15) is 36.4 Å². The van der Waals surface area contributed by atoms with Gasteiger partial charge < -0.3 is 19.3 Å². The minimum atomic E-state index is -3.72. The van der Waals surface area contributed by atoms with E-state index in [9.17, 15) is 13.2 Å². The fourth-order valence-corrected chi connectivity index (χ4v) is 5.78. The molecule has 8 nitrogen and oxygen atoms in total. The number of benzene rings is 2. The number of fused-ring (bicyclic) bond motifs is 2. The Kier molecular flexibility index (Phi) is 5.28. The van der Waals surface area contributed by atoms with Crippen molar-refractivity contribution in [1.82, 2.24) is 9.80 Å². The smallest absolute Gasteiger partial charge is 0.285 e. The van der Waals surface area contributed by atoms with E-state index in [1.54, 1.807) is 30.1 Å². The summed E-state index contributed by atoms with van der Waals surface area (Å²) in [7, 11) is -2.02. The van der Waals surface area contributed by atoms with Crippen molar-refractivity contribution in [3.05, 3.63) is 53.6 Å². The van der Waals surface area contributed by atoms with Crippen LogP contribution in [0.5, 0.6) is 11.5 Å². The summed E-state index contributed by atoms with van der Waals surface area (Å²) in [4.78, 5) is 16.9. The Morgan fingerprint density at radius 3 is 2.75 bits per heavy atom. The lowest BCUT2D eigenvalue weighted by Crippen LogP contribution is -2.40. The van der Waals surface area contributed by atoms with E-state index >= 15 is 0 Å². The van der Waals surface area contributed by atoms with Gasteiger partial charge in [0.2, 0.25) is 5.91 Å². The first-order valence-electron chi connectivity index (χ1n) is 10.8. The summed E-state index contributed by atoms with van der Waals surface area (Å²) in [6.07, 6.45) is 2.62. The summed E-state index contributed by atoms with van der Waals surface area (Å²) >= 11 is 0. The van der Waals surface area contributed by atoms with E-state index in [4.69, 9.17) is 9.47 Å². The third kappa shape index (κ3) is 3.70. The van der Waals surface area contributed by atoms with Crippen LogP contribution in [0.15, 0.2) is 51.8 Å². The molecule has 3 aliphatic heterocycles. The van der Waals surface area contributed by atoms with Gasteiger partial charge in [0.25, 0.3) is 10.0 Å². The van der Waals surface area contributed by atoms with Crippen molar-refractivity contribution >= 4 is 21.8 Å². The molecule has 0 radical (unpaired) electrons. The second kappa shape index (κ2) is 8.12. The number of likely N-dealkylation sites (N-methyl/N-ethyl adjacent to an activating group) is 1. The quantitative estimate of drug-likeness (QED) is 0.707. The molecule has 3 aliphatic rings. The van der Waals surface area contributed by atoms with Gasteiger partial charge >= 0.3 is 0 Å². The molecule has 32 heavy (non-hydrogen) atoms. The first-order valence-corrected chi connectivity index (χ1v) is 12.2. The molecule has 0 saturated carbocycles. The molecule has 2 aromatic rings. The average Bonchev–Trinajstić information content (AvgIpc) is 3.29. The van der Waals surface area contributed by atoms with E-state index in [1.807, 2.05) is 23.1 Å². The van der Waals surface area contributed by atoms with Crippen LogP contribution < -0.4 is 9.47 Å². The number of rotatable bonds is 3. The summed E-state index contributed by atoms with van der Waals surface area (Å²) in [6, 6.07) is 12.5. The fourth-order valence-electron chi connectivity index (χ4n) is 4.53. The van der Waals surface area contributed by atoms with Crippen LogP contribution in [0.25, 0.3) is 0 Å². The Bertz CT molecular complexity index is 1190. The highest BCUT2D eigenvalue weighted by molar-refractivity contribution is 7.90. The maximum Gasteiger partial charge on any atom is 0.285 e. The molecule has 1 unspecified atom stereocenters. The van der Waals surface area contributed by atoms with Gasteiger partial charge in [0.1, 0.15) is 4.90 Å². The lowest BCUT2D eigenvalue weighted by molar-refractivity contribution is -0.132. The molecule has 9 heteroatoms. The van der Waals surface area contributed by atoms with E-state index < -0.39 is 10.0 Å². The van der Waals surface area contributed by atoms with Crippen molar-refractivity contribution in [2.24, 2.45) is 4.40 Å². The topological polar surface area (TPSA) is 88.5 Å². The van der Waals surface area contributed by atoms with Gasteiger partial charge in [-0.25, -0.2) is 0 Å². The van der Waals surface area contributed by atoms with Crippen molar-refractivity contribution < 1.29 is 22.7 Å². The number of carbonyl (C=O) groups excluding carboxylic acids is 1. The molecule has 3 heterocycles. The Balaban J connectivity index is 1.34. The Morgan fingerprint density at radius 2 is 1.91 bits per heavy atom. The van der Waals surface area contributed by atoms with E-state index in [2.05, 4.69) is 4.40 Å². The lowest BCUT2D eigenvalue weighted by Gasteiger charge is -2.28. The number of hydrogen-bond donors (Lipinski definition) is 0. The molecule has 168 valence electrons. The molecule has 1 saturated heterocycles. The van der Waals surface area contributed by atoms with E-state index in [-0.39, 0.29) is 23.4 Å². The zero-order valence-electron chi connectivity index (χ0n) is 17.9. The fraction of sp³-hybridized carbons (Fsp3) is 0.391. The number of amidine groups is 1. The van der Waals surface area contributed by atoms with Crippen LogP contribution in [0.4, 0.5) is 0 Å². The molecular formula is C23H25N3O5S. The molecule has 5 rings (SSSR count). The summed E-state index contributed by atoms with van der Waals surface area (Å²) in [5, 5.41) is 0. The van der Waals surface area contributed by atoms with Gasteiger partial charge in [-0.3, -0.25) is 4.79 Å². The summed E-state index contributed by atoms with van der Waals surface area (Å²) in [5.74, 6) is 1.70. The molecule has 1 amide bonds. The highest BCUT2D eigenvalue weighted by Gasteiger charge is 2.34. The first-order chi connectivity index (χ1) is 15.4. The minimum absolute atomic E-state index is 0.0454. The van der Waals surface area contributed by atoms with Crippen molar-refractivity contribution in [1.29, 1.82) is 0 Å². The van der Waals surface area contributed by atoms with Crippen LogP contribution >= 0.6 is 0 Å². The monoisotopic (exact) mass is 455 g/mol. The van der Waals surface area contributed by atoms with E-state index in [0.717, 1.165) is 36.3 Å². The minimum Gasteiger partial charge on any atom is -0.490 e. The first kappa shape index (κ1) is 20.8. The zero-order chi connectivity index (χ0) is 22.3. The normalized spacial score (nSPS) is 21.0. The molecular weight excluding hydrogens is 430 g/mol. The molecule has 0 bridgehead atoms. The van der Waals surface area contributed by atoms with Crippen LogP contribution in [0, 0.1) is 0 Å². The zero-order valence-corrected chi connectivity index (χ0v) is 18.7. The number of likely N-dealkylation sites (tertiary alicyclic amines) is 1. The second-order valence-corrected chi connectivity index (χ2v) is 9.82. The average molecular weight is 456 g/mol. The van der Waals surface area contributed by atoms with Gasteiger partial charge in [-0.15, -0.1) is 4.40 Å². The Morgan fingerprint density at radius 1 is 1.12 bits per heavy atom. The van der Waals surface area contributed by atoms with Crippen LogP contribution in [0.2, 0.25) is 0 Å². The van der Waals surface area contributed by atoms with Gasteiger partial charge in [0, 0.05) is 25.6 Å². The molecule has 0 aromatic heterocycles.